The Bertz CT molecular complexity index is 5540. The van der Waals surface area contributed by atoms with E-state index < -0.39 is 27.6 Å². The van der Waals surface area contributed by atoms with Crippen molar-refractivity contribution in [1.29, 1.82) is 0 Å². The summed E-state index contributed by atoms with van der Waals surface area (Å²) < 4.78 is 41.1. The molecule has 22 heteroatoms. The molecule has 18 nitrogen and oxygen atoms in total. The number of H-pyrrole nitrogens is 1. The number of alkyl halides is 1. The SMILES string of the molecule is CC(C)(C)C(=O)OCCCCCl.CC(C)(C)C(=O)OCCCCn1c(COC(c2ccccc2)(c2ccccc2)c2ccccc2)nc2ccc(Cl)nc21.CC(C)(C)C(=O)OCCCCn1c(COC(c2ccccc2)(c2ccccc2)c2ccccc2)nc2nc(Cl)ccc21.Clc1ccc2[nH]c(COC(c3ccccc3)(c3ccccc3)c3ccccc3)nc2n1. The first-order valence-corrected chi connectivity index (χ1v) is 44.5. The number of carbonyl (C=O) groups is 3. The summed E-state index contributed by atoms with van der Waals surface area (Å²) >= 11 is 24.0. The summed E-state index contributed by atoms with van der Waals surface area (Å²) in [7, 11) is 0. The molecule has 0 radical (unpaired) electrons. The number of imidazole rings is 3. The van der Waals surface area contributed by atoms with Gasteiger partial charge in [0.25, 0.3) is 0 Å². The Labute approximate surface area is 764 Å². The Morgan fingerprint density at radius 3 is 0.961 bits per heavy atom. The number of fused-ring (bicyclic) bond motifs is 3. The van der Waals surface area contributed by atoms with Crippen LogP contribution in [-0.2, 0) is 92.5 Å². The van der Waals surface area contributed by atoms with Crippen molar-refractivity contribution in [3.8, 4) is 0 Å². The topological polar surface area (TPSA) is 210 Å². The van der Waals surface area contributed by atoms with Crippen LogP contribution in [0.4, 0.5) is 0 Å². The van der Waals surface area contributed by atoms with E-state index in [4.69, 9.17) is 84.8 Å². The number of hydrogen-bond acceptors (Lipinski definition) is 15. The number of rotatable bonds is 32. The van der Waals surface area contributed by atoms with Gasteiger partial charge in [0.1, 0.15) is 75.1 Å². The summed E-state index contributed by atoms with van der Waals surface area (Å²) in [4.78, 5) is 66.6. The third-order valence-electron chi connectivity index (χ3n) is 21.2. The molecule has 0 aliphatic heterocycles. The first kappa shape index (κ1) is 94.4. The molecular weight excluding hydrogens is 1670 g/mol. The van der Waals surface area contributed by atoms with Gasteiger partial charge in [-0.05, 0) is 187 Å². The Morgan fingerprint density at radius 2 is 0.614 bits per heavy atom. The van der Waals surface area contributed by atoms with Crippen molar-refractivity contribution >= 4 is 97.8 Å². The van der Waals surface area contributed by atoms with Gasteiger partial charge in [0.2, 0.25) is 0 Å². The Balaban J connectivity index is 0.000000164. The van der Waals surface area contributed by atoms with Crippen molar-refractivity contribution in [2.45, 2.75) is 151 Å². The van der Waals surface area contributed by atoms with Gasteiger partial charge in [0.05, 0.1) is 47.1 Å². The number of hydrogen-bond donors (Lipinski definition) is 1. The lowest BCUT2D eigenvalue weighted by molar-refractivity contribution is -0.153. The third kappa shape index (κ3) is 24.3. The smallest absolute Gasteiger partial charge is 0.311 e. The van der Waals surface area contributed by atoms with Crippen LogP contribution in [0.15, 0.2) is 309 Å². The Morgan fingerprint density at radius 1 is 0.315 bits per heavy atom. The fraction of sp³-hybridized carbons (Fsp3) is 0.286. The maximum Gasteiger partial charge on any atom is 0.311 e. The van der Waals surface area contributed by atoms with Crippen LogP contribution in [0.25, 0.3) is 33.5 Å². The van der Waals surface area contributed by atoms with Gasteiger partial charge in [-0.3, -0.25) is 14.4 Å². The number of unbranched alkanes of at least 4 members (excludes halogenated alkanes) is 3. The molecule has 0 spiro atoms. The number of aryl methyl sites for hydroxylation is 2. The molecule has 15 rings (SSSR count). The number of halogens is 4. The van der Waals surface area contributed by atoms with E-state index in [2.05, 4.69) is 143 Å². The molecule has 0 unspecified atom stereocenters. The number of esters is 3. The van der Waals surface area contributed by atoms with E-state index in [9.17, 15) is 14.4 Å². The van der Waals surface area contributed by atoms with E-state index in [1.165, 1.54) is 0 Å². The highest BCUT2D eigenvalue weighted by Gasteiger charge is 2.42. The van der Waals surface area contributed by atoms with Crippen molar-refractivity contribution in [2.75, 3.05) is 25.7 Å². The maximum absolute atomic E-state index is 12.2. The number of ether oxygens (including phenoxy) is 6. The van der Waals surface area contributed by atoms with E-state index in [-0.39, 0.29) is 43.1 Å². The van der Waals surface area contributed by atoms with Crippen molar-refractivity contribution in [2.24, 2.45) is 16.2 Å². The quantitative estimate of drug-likeness (QED) is 0.0104. The maximum atomic E-state index is 12.2. The van der Waals surface area contributed by atoms with Gasteiger partial charge in [-0.15, -0.1) is 11.6 Å². The Kier molecular flexibility index (Phi) is 33.2. The molecule has 0 saturated carbocycles. The van der Waals surface area contributed by atoms with Gasteiger partial charge in [-0.1, -0.05) is 308 Å². The highest BCUT2D eigenvalue weighted by Crippen LogP contribution is 2.45. The standard InChI is InChI=1S/2C35H36ClN3O3.C26H20ClN3O.C9H17ClO2/c1-34(2,3)33(40)41-24-14-13-23-39-29-21-22-30(36)37-32(29)38-31(39)25-42-35(26-15-7-4-8-16-26,27-17-9-5-10-18-27)28-19-11-6-12-20-28;1-34(2,3)33(40)41-24-14-13-23-39-31(37-29-21-22-30(36)38-32(29)39)25-42-35(26-15-7-4-8-16-26,27-17-9-5-10-18-27)28-19-11-6-12-20-28;27-23-17-16-22-25(29-23)30-24(28-22)18-31-26(19-10-4-1-5-11-19,20-12-6-2-7-13-20)21-14-8-3-9-15-21;1-9(2,3)8(11)12-7-5-4-6-10/h2*4-12,15-22H,13-14,23-25H2,1-3H3;1-17H,18H2,(H,28,29,30);4-7H2,1-3H3. The largest absolute Gasteiger partial charge is 0.465 e. The average molecular weight is 1780 g/mol. The molecule has 0 amide bonds. The van der Waals surface area contributed by atoms with Gasteiger partial charge in [-0.25, -0.2) is 29.9 Å². The fourth-order valence-electron chi connectivity index (χ4n) is 14.7. The Hall–Kier alpha value is -11.7. The molecule has 0 bridgehead atoms. The molecule has 9 aromatic carbocycles. The predicted octanol–water partition coefficient (Wildman–Crippen LogP) is 24.6. The number of benzene rings is 9. The molecule has 0 atom stereocenters. The summed E-state index contributed by atoms with van der Waals surface area (Å²) in [5.41, 5.74) is 9.61. The second-order valence-corrected chi connectivity index (χ2v) is 35.2. The molecule has 1 N–H and O–H groups in total. The monoisotopic (exact) mass is 1780 g/mol. The van der Waals surface area contributed by atoms with Crippen molar-refractivity contribution in [3.05, 3.63) is 392 Å². The first-order valence-electron chi connectivity index (χ1n) is 42.9. The van der Waals surface area contributed by atoms with Gasteiger partial charge < -0.3 is 42.5 Å². The summed E-state index contributed by atoms with van der Waals surface area (Å²) in [6, 6.07) is 103. The normalized spacial score (nSPS) is 11.9. The molecule has 15 aromatic rings. The summed E-state index contributed by atoms with van der Waals surface area (Å²) in [6.07, 6.45) is 4.75. The van der Waals surface area contributed by atoms with Crippen LogP contribution in [0, 0.1) is 16.2 Å². The number of aromatic amines is 1. The molecule has 0 saturated heterocycles. The molecule has 127 heavy (non-hydrogen) atoms. The summed E-state index contributed by atoms with van der Waals surface area (Å²) in [5, 5.41) is 1.21. The van der Waals surface area contributed by atoms with E-state index >= 15 is 0 Å². The number of nitrogens with zero attached hydrogens (tertiary/aromatic N) is 8. The number of carbonyl (C=O) groups excluding carboxylic acids is 3. The molecule has 6 aromatic heterocycles. The minimum Gasteiger partial charge on any atom is -0.465 e. The highest BCUT2D eigenvalue weighted by atomic mass is 35.5. The van der Waals surface area contributed by atoms with Crippen LogP contribution in [0.1, 0.15) is 168 Å². The minimum atomic E-state index is -0.876. The first-order chi connectivity index (χ1) is 61.3. The lowest BCUT2D eigenvalue weighted by Crippen LogP contribution is -2.33. The molecule has 0 aliphatic carbocycles. The zero-order valence-electron chi connectivity index (χ0n) is 73.3. The summed E-state index contributed by atoms with van der Waals surface area (Å²) in [5.74, 6) is 2.29. The number of aromatic nitrogens is 9. The van der Waals surface area contributed by atoms with E-state index in [1.807, 2.05) is 244 Å². The van der Waals surface area contributed by atoms with Gasteiger partial charge in [-0.2, -0.15) is 0 Å². The van der Waals surface area contributed by atoms with Gasteiger partial charge >= 0.3 is 17.9 Å². The highest BCUT2D eigenvalue weighted by molar-refractivity contribution is 6.30. The van der Waals surface area contributed by atoms with Crippen LogP contribution >= 0.6 is 46.4 Å². The molecule has 0 fully saturated rings. The van der Waals surface area contributed by atoms with Crippen LogP contribution in [0.3, 0.4) is 0 Å². The zero-order valence-corrected chi connectivity index (χ0v) is 76.3. The van der Waals surface area contributed by atoms with Crippen molar-refractivity contribution < 1.29 is 42.8 Å². The van der Waals surface area contributed by atoms with E-state index in [0.29, 0.717) is 83.4 Å². The van der Waals surface area contributed by atoms with E-state index in [0.717, 1.165) is 110 Å². The molecular formula is C105H109Cl4N9O9. The van der Waals surface area contributed by atoms with Crippen LogP contribution in [0.5, 0.6) is 0 Å². The molecule has 0 aliphatic rings. The third-order valence-corrected chi connectivity index (χ3v) is 22.1. The lowest BCUT2D eigenvalue weighted by atomic mass is 9.80. The molecule has 656 valence electrons. The van der Waals surface area contributed by atoms with Crippen LogP contribution in [0.2, 0.25) is 15.5 Å². The zero-order chi connectivity index (χ0) is 89.9. The van der Waals surface area contributed by atoms with Gasteiger partial charge in [0, 0.05) is 19.0 Å². The second kappa shape index (κ2) is 44.6. The predicted molar refractivity (Wildman–Crippen MR) is 506 cm³/mol. The second-order valence-electron chi connectivity index (χ2n) is 33.7. The number of nitrogens with one attached hydrogen (secondary N) is 1. The van der Waals surface area contributed by atoms with Crippen LogP contribution < -0.4 is 0 Å². The average Bonchev–Trinajstić information content (AvgIpc) is 1.56. The molecule has 6 heterocycles. The lowest BCUT2D eigenvalue weighted by Gasteiger charge is -2.36. The fourth-order valence-corrected chi connectivity index (χ4v) is 15.3. The van der Waals surface area contributed by atoms with E-state index in [1.54, 1.807) is 18.2 Å². The van der Waals surface area contributed by atoms with Gasteiger partial charge in [0.15, 0.2) is 16.9 Å². The minimum absolute atomic E-state index is 0.142. The summed E-state index contributed by atoms with van der Waals surface area (Å²) in [6.45, 7) is 19.9. The number of pyridine rings is 3. The van der Waals surface area contributed by atoms with Crippen LogP contribution in [-0.4, -0.2) is 87.6 Å². The van der Waals surface area contributed by atoms with Crippen molar-refractivity contribution in [1.82, 2.24) is 44.0 Å². The van der Waals surface area contributed by atoms with Crippen molar-refractivity contribution in [3.63, 3.8) is 0 Å².